The molecule has 5 nitrogen and oxygen atoms in total. The predicted molar refractivity (Wildman–Crippen MR) is 101 cm³/mol. The normalized spacial score (nSPS) is 23.9. The summed E-state index contributed by atoms with van der Waals surface area (Å²) in [6.45, 7) is 6.02. The summed E-state index contributed by atoms with van der Waals surface area (Å²) >= 11 is 0. The van der Waals surface area contributed by atoms with Gasteiger partial charge in [0.2, 0.25) is 5.91 Å². The maximum atomic E-state index is 12.2. The van der Waals surface area contributed by atoms with E-state index in [-0.39, 0.29) is 30.7 Å². The van der Waals surface area contributed by atoms with E-state index in [0.717, 1.165) is 19.0 Å². The second kappa shape index (κ2) is 10.3. The molecule has 2 fully saturated rings. The van der Waals surface area contributed by atoms with Gasteiger partial charge in [-0.1, -0.05) is 19.8 Å². The van der Waals surface area contributed by atoms with Crippen LogP contribution in [0.1, 0.15) is 39.0 Å². The van der Waals surface area contributed by atoms with Crippen LogP contribution in [0.3, 0.4) is 0 Å². The quantitative estimate of drug-likeness (QED) is 0.795. The van der Waals surface area contributed by atoms with Crippen molar-refractivity contribution < 1.29 is 4.79 Å². The molecule has 0 spiro atoms. The SMILES string of the molecule is CCC[C@H]1CN(CC2CCC2)C[C@@H]1NC(=O)Cn1ccnc1.Cl.Cl. The number of rotatable bonds is 7. The number of likely N-dealkylation sites (tertiary alicyclic amines) is 1. The lowest BCUT2D eigenvalue weighted by Gasteiger charge is -2.30. The lowest BCUT2D eigenvalue weighted by Crippen LogP contribution is -2.42. The van der Waals surface area contributed by atoms with Crippen LogP contribution < -0.4 is 5.32 Å². The summed E-state index contributed by atoms with van der Waals surface area (Å²) in [5, 5.41) is 3.26. The molecule has 1 aromatic heterocycles. The summed E-state index contributed by atoms with van der Waals surface area (Å²) in [6.07, 6.45) is 11.8. The number of amides is 1. The fourth-order valence-electron chi connectivity index (χ4n) is 3.78. The summed E-state index contributed by atoms with van der Waals surface area (Å²) in [5.41, 5.74) is 0. The molecule has 138 valence electrons. The predicted octanol–water partition coefficient (Wildman–Crippen LogP) is 2.74. The fraction of sp³-hybridized carbons (Fsp3) is 0.765. The average molecular weight is 377 g/mol. The van der Waals surface area contributed by atoms with Crippen molar-refractivity contribution in [2.75, 3.05) is 19.6 Å². The van der Waals surface area contributed by atoms with Crippen LogP contribution in [0, 0.1) is 11.8 Å². The zero-order chi connectivity index (χ0) is 15.4. The molecule has 2 heterocycles. The monoisotopic (exact) mass is 376 g/mol. The van der Waals surface area contributed by atoms with Gasteiger partial charge in [-0.3, -0.25) is 4.79 Å². The Labute approximate surface area is 157 Å². The van der Waals surface area contributed by atoms with E-state index >= 15 is 0 Å². The van der Waals surface area contributed by atoms with Crippen LogP contribution in [0.4, 0.5) is 0 Å². The van der Waals surface area contributed by atoms with Crippen LogP contribution in [0.25, 0.3) is 0 Å². The van der Waals surface area contributed by atoms with E-state index in [1.54, 1.807) is 12.5 Å². The van der Waals surface area contributed by atoms with Crippen molar-refractivity contribution in [1.82, 2.24) is 19.8 Å². The minimum absolute atomic E-state index is 0. The van der Waals surface area contributed by atoms with Gasteiger partial charge in [0.05, 0.1) is 6.33 Å². The lowest BCUT2D eigenvalue weighted by molar-refractivity contribution is -0.122. The van der Waals surface area contributed by atoms with E-state index < -0.39 is 0 Å². The molecule has 1 aromatic rings. The number of carbonyl (C=O) groups is 1. The van der Waals surface area contributed by atoms with Gasteiger partial charge in [0, 0.05) is 38.1 Å². The van der Waals surface area contributed by atoms with Crippen molar-refractivity contribution in [3.63, 3.8) is 0 Å². The Bertz CT molecular complexity index is 479. The van der Waals surface area contributed by atoms with Crippen LogP contribution >= 0.6 is 24.8 Å². The first kappa shape index (κ1) is 21.3. The van der Waals surface area contributed by atoms with Gasteiger partial charge in [-0.15, -0.1) is 24.8 Å². The van der Waals surface area contributed by atoms with E-state index in [0.29, 0.717) is 18.5 Å². The van der Waals surface area contributed by atoms with Gasteiger partial charge in [0.15, 0.2) is 0 Å². The number of aromatic nitrogens is 2. The Kier molecular flexibility index (Phi) is 9.09. The first-order valence-electron chi connectivity index (χ1n) is 8.72. The maximum Gasteiger partial charge on any atom is 0.240 e. The van der Waals surface area contributed by atoms with Crippen molar-refractivity contribution in [2.24, 2.45) is 11.8 Å². The van der Waals surface area contributed by atoms with Crippen molar-refractivity contribution in [3.05, 3.63) is 18.7 Å². The van der Waals surface area contributed by atoms with E-state index in [2.05, 4.69) is 22.1 Å². The Morgan fingerprint density at radius 2 is 2.08 bits per heavy atom. The van der Waals surface area contributed by atoms with Gasteiger partial charge in [-0.05, 0) is 31.1 Å². The highest BCUT2D eigenvalue weighted by atomic mass is 35.5. The summed E-state index contributed by atoms with van der Waals surface area (Å²) in [4.78, 5) is 18.8. The van der Waals surface area contributed by atoms with Crippen molar-refractivity contribution in [3.8, 4) is 0 Å². The van der Waals surface area contributed by atoms with Gasteiger partial charge >= 0.3 is 0 Å². The highest BCUT2D eigenvalue weighted by molar-refractivity contribution is 5.85. The molecule has 1 aliphatic heterocycles. The fourth-order valence-corrected chi connectivity index (χ4v) is 3.78. The van der Waals surface area contributed by atoms with E-state index in [4.69, 9.17) is 0 Å². The molecular weight excluding hydrogens is 347 g/mol. The molecule has 0 radical (unpaired) electrons. The van der Waals surface area contributed by atoms with Gasteiger partial charge < -0.3 is 14.8 Å². The molecule has 1 amide bonds. The number of nitrogens with one attached hydrogen (secondary N) is 1. The third kappa shape index (κ3) is 5.64. The summed E-state index contributed by atoms with van der Waals surface area (Å²) in [7, 11) is 0. The standard InChI is InChI=1S/C17H28N4O.2ClH/c1-2-4-15-10-21(9-14-5-3-6-14)11-16(15)19-17(22)12-20-8-7-18-13-20;;/h7-8,13-16H,2-6,9-12H2,1H3,(H,19,22);2*1H/t15-,16-;;/m0../s1. The van der Waals surface area contributed by atoms with E-state index in [9.17, 15) is 4.79 Å². The third-order valence-corrected chi connectivity index (χ3v) is 5.15. The molecule has 1 saturated carbocycles. The van der Waals surface area contributed by atoms with E-state index in [1.807, 2.05) is 10.8 Å². The first-order chi connectivity index (χ1) is 10.7. The van der Waals surface area contributed by atoms with E-state index in [1.165, 1.54) is 38.6 Å². The third-order valence-electron chi connectivity index (χ3n) is 5.15. The van der Waals surface area contributed by atoms with Crippen molar-refractivity contribution in [1.29, 1.82) is 0 Å². The molecule has 0 unspecified atom stereocenters. The van der Waals surface area contributed by atoms with Crippen LogP contribution in [-0.4, -0.2) is 46.0 Å². The molecule has 7 heteroatoms. The highest BCUT2D eigenvalue weighted by Gasteiger charge is 2.34. The number of imidazole rings is 1. The highest BCUT2D eigenvalue weighted by Crippen LogP contribution is 2.30. The van der Waals surface area contributed by atoms with Crippen molar-refractivity contribution >= 4 is 30.7 Å². The topological polar surface area (TPSA) is 50.2 Å². The minimum Gasteiger partial charge on any atom is -0.350 e. The molecule has 1 aliphatic carbocycles. The van der Waals surface area contributed by atoms with Crippen LogP contribution in [-0.2, 0) is 11.3 Å². The van der Waals surface area contributed by atoms with Gasteiger partial charge in [-0.25, -0.2) is 4.98 Å². The summed E-state index contributed by atoms with van der Waals surface area (Å²) in [6, 6.07) is 0.316. The maximum absolute atomic E-state index is 12.2. The van der Waals surface area contributed by atoms with Crippen LogP contribution in [0.5, 0.6) is 0 Å². The Morgan fingerprint density at radius 1 is 1.29 bits per heavy atom. The van der Waals surface area contributed by atoms with Crippen LogP contribution in [0.15, 0.2) is 18.7 Å². The summed E-state index contributed by atoms with van der Waals surface area (Å²) in [5.74, 6) is 1.62. The summed E-state index contributed by atoms with van der Waals surface area (Å²) < 4.78 is 1.82. The first-order valence-corrected chi connectivity index (χ1v) is 8.72. The number of carbonyl (C=O) groups excluding carboxylic acids is 1. The second-order valence-electron chi connectivity index (χ2n) is 6.97. The molecular formula is C17H30Cl2N4O. The van der Waals surface area contributed by atoms with Crippen molar-refractivity contribution in [2.45, 2.75) is 51.6 Å². The molecule has 1 saturated heterocycles. The van der Waals surface area contributed by atoms with Gasteiger partial charge in [0.25, 0.3) is 0 Å². The van der Waals surface area contributed by atoms with Gasteiger partial charge in [-0.2, -0.15) is 0 Å². The second-order valence-corrected chi connectivity index (χ2v) is 6.97. The molecule has 0 bridgehead atoms. The molecule has 24 heavy (non-hydrogen) atoms. The van der Waals surface area contributed by atoms with Crippen LogP contribution in [0.2, 0.25) is 0 Å². The Balaban J connectivity index is 0.00000144. The number of nitrogens with zero attached hydrogens (tertiary/aromatic N) is 3. The zero-order valence-electron chi connectivity index (χ0n) is 14.4. The molecule has 3 rings (SSSR count). The smallest absolute Gasteiger partial charge is 0.240 e. The number of halogens is 2. The lowest BCUT2D eigenvalue weighted by atomic mass is 9.85. The molecule has 2 atom stereocenters. The average Bonchev–Trinajstić information content (AvgIpc) is 3.05. The zero-order valence-corrected chi connectivity index (χ0v) is 16.0. The largest absolute Gasteiger partial charge is 0.350 e. The Morgan fingerprint density at radius 3 is 2.67 bits per heavy atom. The molecule has 0 aromatic carbocycles. The molecule has 1 N–H and O–H groups in total. The Hall–Kier alpha value is -0.780. The number of hydrogen-bond acceptors (Lipinski definition) is 3. The van der Waals surface area contributed by atoms with Gasteiger partial charge in [0.1, 0.15) is 6.54 Å². The minimum atomic E-state index is 0. The molecule has 2 aliphatic rings. The number of hydrogen-bond donors (Lipinski definition) is 1.